The molecule has 132 valence electrons. The van der Waals surface area contributed by atoms with Crippen LogP contribution >= 0.6 is 0 Å². The lowest BCUT2D eigenvalue weighted by atomic mass is 10.1. The first-order valence-corrected chi connectivity index (χ1v) is 9.22. The summed E-state index contributed by atoms with van der Waals surface area (Å²) in [5.41, 5.74) is 1.03. The smallest absolute Gasteiger partial charge is 0.410 e. The van der Waals surface area contributed by atoms with Crippen molar-refractivity contribution in [1.82, 2.24) is 15.1 Å². The fourth-order valence-corrected chi connectivity index (χ4v) is 3.55. The Kier molecular flexibility index (Phi) is 6.49. The van der Waals surface area contributed by atoms with Gasteiger partial charge in [0.2, 0.25) is 0 Å². The molecule has 1 unspecified atom stereocenters. The highest BCUT2D eigenvalue weighted by atomic mass is 16.6. The molecule has 0 radical (unpaired) electrons. The quantitative estimate of drug-likeness (QED) is 0.870. The van der Waals surface area contributed by atoms with Crippen LogP contribution in [-0.2, 0) is 11.3 Å². The average Bonchev–Trinajstić information content (AvgIpc) is 3.14. The van der Waals surface area contributed by atoms with Gasteiger partial charge in [-0.1, -0.05) is 30.3 Å². The maximum Gasteiger partial charge on any atom is 0.410 e. The first-order valence-electron chi connectivity index (χ1n) is 9.22. The second-order valence-electron chi connectivity index (χ2n) is 6.83. The molecule has 1 aromatic carbocycles. The molecule has 0 aliphatic carbocycles. The Morgan fingerprint density at radius 3 is 2.71 bits per heavy atom. The van der Waals surface area contributed by atoms with Crippen LogP contribution in [0.25, 0.3) is 0 Å². The van der Waals surface area contributed by atoms with Crippen LogP contribution < -0.4 is 5.32 Å². The Labute approximate surface area is 145 Å². The summed E-state index contributed by atoms with van der Waals surface area (Å²) in [4.78, 5) is 16.6. The zero-order chi connectivity index (χ0) is 16.6. The summed E-state index contributed by atoms with van der Waals surface area (Å²) in [7, 11) is 0. The van der Waals surface area contributed by atoms with E-state index in [9.17, 15) is 4.79 Å². The summed E-state index contributed by atoms with van der Waals surface area (Å²) < 4.78 is 5.45. The average molecular weight is 331 g/mol. The van der Waals surface area contributed by atoms with E-state index in [-0.39, 0.29) is 6.09 Å². The lowest BCUT2D eigenvalue weighted by molar-refractivity contribution is 0.0831. The Balaban J connectivity index is 1.37. The van der Waals surface area contributed by atoms with Gasteiger partial charge in [0.1, 0.15) is 6.61 Å². The molecular weight excluding hydrogens is 302 g/mol. The predicted molar refractivity (Wildman–Crippen MR) is 94.9 cm³/mol. The monoisotopic (exact) mass is 331 g/mol. The van der Waals surface area contributed by atoms with Gasteiger partial charge >= 0.3 is 6.09 Å². The largest absolute Gasteiger partial charge is 0.445 e. The second kappa shape index (κ2) is 9.04. The van der Waals surface area contributed by atoms with Crippen LogP contribution in [0.4, 0.5) is 4.79 Å². The lowest BCUT2D eigenvalue weighted by Crippen LogP contribution is -2.49. The first-order chi connectivity index (χ1) is 11.8. The number of nitrogens with zero attached hydrogens (tertiary/aromatic N) is 2. The third-order valence-electron chi connectivity index (χ3n) is 4.94. The first kappa shape index (κ1) is 17.2. The van der Waals surface area contributed by atoms with Gasteiger partial charge in [-0.15, -0.1) is 0 Å². The van der Waals surface area contributed by atoms with Crippen molar-refractivity contribution in [2.45, 2.75) is 38.3 Å². The fraction of sp³-hybridized carbons (Fsp3) is 0.632. The van der Waals surface area contributed by atoms with E-state index in [1.807, 2.05) is 35.2 Å². The number of hydrogen-bond acceptors (Lipinski definition) is 4. The molecule has 0 aromatic heterocycles. The zero-order valence-corrected chi connectivity index (χ0v) is 14.5. The predicted octanol–water partition coefficient (Wildman–Crippen LogP) is 2.47. The highest BCUT2D eigenvalue weighted by Gasteiger charge is 2.24. The zero-order valence-electron chi connectivity index (χ0n) is 14.5. The van der Waals surface area contributed by atoms with Gasteiger partial charge in [0.25, 0.3) is 0 Å². The van der Waals surface area contributed by atoms with Crippen molar-refractivity contribution < 1.29 is 9.53 Å². The topological polar surface area (TPSA) is 44.8 Å². The number of hydrogen-bond donors (Lipinski definition) is 1. The molecule has 24 heavy (non-hydrogen) atoms. The van der Waals surface area contributed by atoms with Gasteiger partial charge < -0.3 is 19.9 Å². The molecule has 3 rings (SSSR count). The minimum Gasteiger partial charge on any atom is -0.445 e. The lowest BCUT2D eigenvalue weighted by Gasteiger charge is -2.33. The van der Waals surface area contributed by atoms with E-state index in [1.54, 1.807) is 0 Å². The minimum absolute atomic E-state index is 0.190. The van der Waals surface area contributed by atoms with Crippen molar-refractivity contribution >= 4 is 6.09 Å². The molecule has 0 bridgehead atoms. The molecular formula is C19H29N3O2. The van der Waals surface area contributed by atoms with E-state index in [2.05, 4.69) is 10.2 Å². The summed E-state index contributed by atoms with van der Waals surface area (Å²) in [6, 6.07) is 10.2. The second-order valence-corrected chi connectivity index (χ2v) is 6.83. The van der Waals surface area contributed by atoms with E-state index >= 15 is 0 Å². The number of amides is 1. The number of carbonyl (C=O) groups excluding carboxylic acids is 1. The van der Waals surface area contributed by atoms with Gasteiger partial charge in [-0.3, -0.25) is 0 Å². The van der Waals surface area contributed by atoms with E-state index < -0.39 is 0 Å². The third kappa shape index (κ3) is 5.21. The maximum absolute atomic E-state index is 12.3. The number of carbonyl (C=O) groups is 1. The molecule has 5 nitrogen and oxygen atoms in total. The van der Waals surface area contributed by atoms with Gasteiger partial charge in [-0.05, 0) is 44.3 Å². The van der Waals surface area contributed by atoms with Crippen molar-refractivity contribution in [2.24, 2.45) is 0 Å². The molecule has 5 heteroatoms. The number of nitrogens with one attached hydrogen (secondary N) is 1. The van der Waals surface area contributed by atoms with Gasteiger partial charge in [0, 0.05) is 32.2 Å². The van der Waals surface area contributed by atoms with Gasteiger partial charge in [-0.2, -0.15) is 0 Å². The summed E-state index contributed by atoms with van der Waals surface area (Å²) in [5, 5.41) is 3.62. The Hall–Kier alpha value is -1.59. The van der Waals surface area contributed by atoms with E-state index in [1.165, 1.54) is 25.9 Å². The summed E-state index contributed by atoms with van der Waals surface area (Å²) in [5.74, 6) is 0. The molecule has 0 saturated carbocycles. The van der Waals surface area contributed by atoms with Crippen LogP contribution in [0, 0.1) is 0 Å². The van der Waals surface area contributed by atoms with Crippen molar-refractivity contribution in [3.05, 3.63) is 35.9 Å². The third-order valence-corrected chi connectivity index (χ3v) is 4.94. The molecule has 1 amide bonds. The number of benzene rings is 1. The summed E-state index contributed by atoms with van der Waals surface area (Å²) in [6.45, 7) is 6.52. The highest BCUT2D eigenvalue weighted by molar-refractivity contribution is 5.67. The van der Waals surface area contributed by atoms with E-state index in [0.717, 1.165) is 44.6 Å². The van der Waals surface area contributed by atoms with Crippen LogP contribution in [0.3, 0.4) is 0 Å². The van der Waals surface area contributed by atoms with Gasteiger partial charge in [0.15, 0.2) is 0 Å². The van der Waals surface area contributed by atoms with Gasteiger partial charge in [-0.25, -0.2) is 4.79 Å². The fourth-order valence-electron chi connectivity index (χ4n) is 3.55. The summed E-state index contributed by atoms with van der Waals surface area (Å²) in [6.07, 6.45) is 4.67. The summed E-state index contributed by atoms with van der Waals surface area (Å²) >= 11 is 0. The highest BCUT2D eigenvalue weighted by Crippen LogP contribution is 2.13. The molecule has 2 heterocycles. The van der Waals surface area contributed by atoms with E-state index in [4.69, 9.17) is 4.74 Å². The SMILES string of the molecule is O=C(OCc1ccccc1)N1CCCC(NCCN2CCCC2)C1. The van der Waals surface area contributed by atoms with Crippen LogP contribution in [0.5, 0.6) is 0 Å². The number of piperidine rings is 1. The molecule has 1 N–H and O–H groups in total. The van der Waals surface area contributed by atoms with Crippen molar-refractivity contribution in [3.63, 3.8) is 0 Å². The van der Waals surface area contributed by atoms with Crippen LogP contribution in [0.2, 0.25) is 0 Å². The number of likely N-dealkylation sites (tertiary alicyclic amines) is 2. The van der Waals surface area contributed by atoms with Crippen LogP contribution in [0.1, 0.15) is 31.2 Å². The van der Waals surface area contributed by atoms with Crippen molar-refractivity contribution in [1.29, 1.82) is 0 Å². The Bertz CT molecular complexity index is 503. The Morgan fingerprint density at radius 2 is 1.92 bits per heavy atom. The Morgan fingerprint density at radius 1 is 1.12 bits per heavy atom. The molecule has 2 aliphatic rings. The molecule has 2 aliphatic heterocycles. The minimum atomic E-state index is -0.190. The van der Waals surface area contributed by atoms with Gasteiger partial charge in [0.05, 0.1) is 0 Å². The van der Waals surface area contributed by atoms with Crippen LogP contribution in [0.15, 0.2) is 30.3 Å². The van der Waals surface area contributed by atoms with Crippen LogP contribution in [-0.4, -0.2) is 61.2 Å². The molecule has 2 saturated heterocycles. The molecule has 0 spiro atoms. The molecule has 1 aromatic rings. The normalized spacial score (nSPS) is 21.8. The van der Waals surface area contributed by atoms with Crippen molar-refractivity contribution in [2.75, 3.05) is 39.3 Å². The standard InChI is InChI=1S/C19H29N3O2/c23-19(24-16-17-7-2-1-3-8-17)22-13-6-9-18(15-22)20-10-14-21-11-4-5-12-21/h1-3,7-8,18,20H,4-6,9-16H2. The van der Waals surface area contributed by atoms with Crippen molar-refractivity contribution in [3.8, 4) is 0 Å². The number of rotatable bonds is 6. The molecule has 2 fully saturated rings. The molecule has 1 atom stereocenters. The van der Waals surface area contributed by atoms with E-state index in [0.29, 0.717) is 12.6 Å². The number of ether oxygens (including phenoxy) is 1. The maximum atomic E-state index is 12.3.